The van der Waals surface area contributed by atoms with Crippen molar-refractivity contribution in [2.75, 3.05) is 6.54 Å². The van der Waals surface area contributed by atoms with E-state index in [0.29, 0.717) is 5.39 Å². The van der Waals surface area contributed by atoms with Crippen LogP contribution >= 0.6 is 0 Å². The van der Waals surface area contributed by atoms with Crippen LogP contribution in [0, 0.1) is 11.6 Å². The molecule has 0 bridgehead atoms. The lowest BCUT2D eigenvalue weighted by Crippen LogP contribution is -2.42. The van der Waals surface area contributed by atoms with Crippen LogP contribution in [0.5, 0.6) is 5.75 Å². The molecule has 198 valence electrons. The molecule has 2 N–H and O–H groups in total. The maximum absolute atomic E-state index is 14.2. The molecule has 1 unspecified atom stereocenters. The number of halogens is 6. The van der Waals surface area contributed by atoms with Crippen LogP contribution in [0.3, 0.4) is 0 Å². The Bertz CT molecular complexity index is 1440. The van der Waals surface area contributed by atoms with E-state index in [4.69, 9.17) is 0 Å². The molecule has 1 amide bonds. The van der Waals surface area contributed by atoms with Crippen LogP contribution in [0.1, 0.15) is 21.5 Å². The Morgan fingerprint density at radius 3 is 2.26 bits per heavy atom. The number of carbonyl (C=O) groups excluding carboxylic acids is 1. The molecule has 10 heteroatoms. The van der Waals surface area contributed by atoms with E-state index in [-0.39, 0.29) is 28.5 Å². The minimum Gasteiger partial charge on any atom is -0.428 e. The van der Waals surface area contributed by atoms with Crippen LogP contribution < -0.4 is 10.1 Å². The van der Waals surface area contributed by atoms with Gasteiger partial charge in [0.2, 0.25) is 0 Å². The fraction of sp³-hybridized carbons (Fsp3) is 0.179. The number of carbonyl (C=O) groups is 1. The third kappa shape index (κ3) is 5.91. The van der Waals surface area contributed by atoms with Crippen molar-refractivity contribution in [1.29, 1.82) is 0 Å². The van der Waals surface area contributed by atoms with Gasteiger partial charge in [-0.2, -0.15) is 17.6 Å². The van der Waals surface area contributed by atoms with Gasteiger partial charge in [-0.3, -0.25) is 4.79 Å². The molecule has 0 saturated heterocycles. The fourth-order valence-electron chi connectivity index (χ4n) is 4.07. The minimum atomic E-state index is -4.72. The van der Waals surface area contributed by atoms with Crippen LogP contribution in [-0.2, 0) is 12.0 Å². The molecule has 0 heterocycles. The zero-order valence-electron chi connectivity index (χ0n) is 19.6. The molecule has 0 radical (unpaired) electrons. The predicted octanol–water partition coefficient (Wildman–Crippen LogP) is 6.22. The molecule has 0 spiro atoms. The molecule has 0 fully saturated rings. The minimum absolute atomic E-state index is 0.146. The van der Waals surface area contributed by atoms with Gasteiger partial charge in [0.15, 0.2) is 0 Å². The van der Waals surface area contributed by atoms with E-state index in [2.05, 4.69) is 10.1 Å². The lowest BCUT2D eigenvalue weighted by Gasteiger charge is -2.30. The normalized spacial score (nSPS) is 13.4. The summed E-state index contributed by atoms with van der Waals surface area (Å²) < 4.78 is 83.7. The van der Waals surface area contributed by atoms with Crippen molar-refractivity contribution in [2.45, 2.75) is 24.6 Å². The molecule has 4 nitrogen and oxygen atoms in total. The summed E-state index contributed by atoms with van der Waals surface area (Å²) in [5.41, 5.74) is -1.34. The summed E-state index contributed by atoms with van der Waals surface area (Å²) in [5.74, 6) is -2.28. The van der Waals surface area contributed by atoms with Gasteiger partial charge >= 0.3 is 12.5 Å². The zero-order chi connectivity index (χ0) is 27.5. The van der Waals surface area contributed by atoms with E-state index < -0.39 is 48.0 Å². The van der Waals surface area contributed by atoms with Crippen LogP contribution in [-0.4, -0.2) is 30.1 Å². The van der Waals surface area contributed by atoms with Crippen molar-refractivity contribution < 1.29 is 41.0 Å². The number of hydrogen-bond acceptors (Lipinski definition) is 3. The van der Waals surface area contributed by atoms with Crippen LogP contribution in [0.2, 0.25) is 0 Å². The highest BCUT2D eigenvalue weighted by Gasteiger charge is 2.44. The standard InChI is InChI=1S/C28H21F6NO3/c29-19-10-8-18(9-11-19)27(37,15-17-4-3-5-20(14-17)38-28(33,34)26(31)32)16-35-25(36)23-12-13-24(30)22-7-2-1-6-21(22)23/h1-14,26,37H,15-16H2,(H,35,36). The Morgan fingerprint density at radius 1 is 0.895 bits per heavy atom. The average Bonchev–Trinajstić information content (AvgIpc) is 2.88. The van der Waals surface area contributed by atoms with E-state index in [1.54, 1.807) is 18.2 Å². The van der Waals surface area contributed by atoms with Crippen LogP contribution in [0.4, 0.5) is 26.3 Å². The fourth-order valence-corrected chi connectivity index (χ4v) is 4.07. The second-order valence-corrected chi connectivity index (χ2v) is 8.65. The van der Waals surface area contributed by atoms with Crippen molar-refractivity contribution in [1.82, 2.24) is 5.32 Å². The number of nitrogens with one attached hydrogen (secondary N) is 1. The summed E-state index contributed by atoms with van der Waals surface area (Å²) in [6.07, 6.45) is -9.07. The number of aliphatic hydroxyl groups is 1. The summed E-state index contributed by atoms with van der Waals surface area (Å²) in [6, 6.07) is 18.4. The highest BCUT2D eigenvalue weighted by Crippen LogP contribution is 2.31. The monoisotopic (exact) mass is 533 g/mol. The van der Waals surface area contributed by atoms with Gasteiger partial charge in [-0.1, -0.05) is 48.5 Å². The largest absolute Gasteiger partial charge is 0.461 e. The SMILES string of the molecule is O=C(NCC(O)(Cc1cccc(OC(F)(F)C(F)F)c1)c1ccc(F)cc1)c1ccc(F)c2ccccc12. The third-order valence-corrected chi connectivity index (χ3v) is 5.94. The first-order valence-corrected chi connectivity index (χ1v) is 11.4. The Kier molecular flexibility index (Phi) is 7.63. The van der Waals surface area contributed by atoms with E-state index >= 15 is 0 Å². The van der Waals surface area contributed by atoms with Gasteiger partial charge < -0.3 is 15.2 Å². The van der Waals surface area contributed by atoms with Crippen molar-refractivity contribution >= 4 is 16.7 Å². The second kappa shape index (κ2) is 10.7. The summed E-state index contributed by atoms with van der Waals surface area (Å²) in [4.78, 5) is 13.1. The summed E-state index contributed by atoms with van der Waals surface area (Å²) >= 11 is 0. The molecular weight excluding hydrogens is 512 g/mol. The van der Waals surface area contributed by atoms with Gasteiger partial charge in [-0.25, -0.2) is 8.78 Å². The number of ether oxygens (including phenoxy) is 1. The van der Waals surface area contributed by atoms with Gasteiger partial charge in [0.25, 0.3) is 5.91 Å². The van der Waals surface area contributed by atoms with Crippen molar-refractivity contribution in [3.63, 3.8) is 0 Å². The quantitative estimate of drug-likeness (QED) is 0.252. The number of hydrogen-bond donors (Lipinski definition) is 2. The first kappa shape index (κ1) is 27.0. The summed E-state index contributed by atoms with van der Waals surface area (Å²) in [5, 5.41) is 14.8. The average molecular weight is 533 g/mol. The Labute approximate surface area is 213 Å². The van der Waals surface area contributed by atoms with E-state index in [1.165, 1.54) is 36.4 Å². The van der Waals surface area contributed by atoms with Crippen LogP contribution in [0.25, 0.3) is 10.8 Å². The smallest absolute Gasteiger partial charge is 0.428 e. The number of amides is 1. The molecular formula is C28H21F6NO3. The maximum Gasteiger partial charge on any atom is 0.461 e. The second-order valence-electron chi connectivity index (χ2n) is 8.65. The van der Waals surface area contributed by atoms with Gasteiger partial charge in [0.1, 0.15) is 23.0 Å². The van der Waals surface area contributed by atoms with Gasteiger partial charge in [0.05, 0.1) is 6.54 Å². The lowest BCUT2D eigenvalue weighted by molar-refractivity contribution is -0.253. The van der Waals surface area contributed by atoms with E-state index in [1.807, 2.05) is 0 Å². The molecule has 0 aliphatic heterocycles. The first-order valence-electron chi connectivity index (χ1n) is 11.4. The van der Waals surface area contributed by atoms with Crippen molar-refractivity contribution in [2.24, 2.45) is 0 Å². The Hall–Kier alpha value is -4.05. The number of benzene rings is 4. The predicted molar refractivity (Wildman–Crippen MR) is 128 cm³/mol. The van der Waals surface area contributed by atoms with Crippen LogP contribution in [0.15, 0.2) is 84.9 Å². The van der Waals surface area contributed by atoms with Crippen molar-refractivity contribution in [3.05, 3.63) is 113 Å². The number of fused-ring (bicyclic) bond motifs is 1. The molecule has 0 aliphatic rings. The molecule has 0 aliphatic carbocycles. The van der Waals surface area contributed by atoms with E-state index in [0.717, 1.165) is 30.3 Å². The number of alkyl halides is 4. The molecule has 0 aromatic heterocycles. The Morgan fingerprint density at radius 2 is 1.58 bits per heavy atom. The zero-order valence-corrected chi connectivity index (χ0v) is 19.6. The van der Waals surface area contributed by atoms with Gasteiger partial charge in [0, 0.05) is 17.4 Å². The molecule has 1 atom stereocenters. The highest BCUT2D eigenvalue weighted by molar-refractivity contribution is 6.07. The topological polar surface area (TPSA) is 58.6 Å². The van der Waals surface area contributed by atoms with Gasteiger partial charge in [-0.15, -0.1) is 0 Å². The maximum atomic E-state index is 14.2. The Balaban J connectivity index is 1.62. The summed E-state index contributed by atoms with van der Waals surface area (Å²) in [6.45, 7) is -0.415. The molecule has 4 aromatic rings. The first-order chi connectivity index (χ1) is 18.0. The summed E-state index contributed by atoms with van der Waals surface area (Å²) in [7, 11) is 0. The lowest BCUT2D eigenvalue weighted by atomic mass is 9.86. The molecule has 4 rings (SSSR count). The molecule has 0 saturated carbocycles. The molecule has 4 aromatic carbocycles. The van der Waals surface area contributed by atoms with Crippen molar-refractivity contribution in [3.8, 4) is 5.75 Å². The highest BCUT2D eigenvalue weighted by atomic mass is 19.3. The number of rotatable bonds is 9. The van der Waals surface area contributed by atoms with Gasteiger partial charge in [-0.05, 0) is 52.9 Å². The third-order valence-electron chi connectivity index (χ3n) is 5.94. The van der Waals surface area contributed by atoms with E-state index in [9.17, 15) is 36.2 Å². The molecule has 38 heavy (non-hydrogen) atoms.